The number of carbonyl (C=O) groups is 3. The highest BCUT2D eigenvalue weighted by atomic mass is 16.4. The van der Waals surface area contributed by atoms with Crippen LogP contribution in [0.3, 0.4) is 0 Å². The van der Waals surface area contributed by atoms with Gasteiger partial charge < -0.3 is 20.4 Å². The normalized spacial score (nSPS) is 11.6. The molecule has 0 fully saturated rings. The molecule has 2 amide bonds. The summed E-state index contributed by atoms with van der Waals surface area (Å²) in [5.74, 6) is -2.23. The van der Waals surface area contributed by atoms with Crippen molar-refractivity contribution in [2.24, 2.45) is 0 Å². The zero-order valence-electron chi connectivity index (χ0n) is 12.8. The number of hydrogen-bond acceptors (Lipinski definition) is 4. The van der Waals surface area contributed by atoms with Gasteiger partial charge in [-0.2, -0.15) is 0 Å². The van der Waals surface area contributed by atoms with E-state index >= 15 is 0 Å². The maximum absolute atomic E-state index is 12.5. The molecule has 0 spiro atoms. The van der Waals surface area contributed by atoms with Gasteiger partial charge in [-0.25, -0.2) is 4.79 Å². The average Bonchev–Trinajstić information content (AvgIpc) is 2.42. The van der Waals surface area contributed by atoms with Crippen molar-refractivity contribution >= 4 is 17.8 Å². The summed E-state index contributed by atoms with van der Waals surface area (Å²) in [7, 11) is 0. The Morgan fingerprint density at radius 2 is 1.95 bits per heavy atom. The number of hydrogen-bond donors (Lipinski definition) is 3. The third-order valence-corrected chi connectivity index (χ3v) is 3.20. The number of benzene rings is 1. The van der Waals surface area contributed by atoms with E-state index in [2.05, 4.69) is 5.32 Å². The molecule has 1 unspecified atom stereocenters. The SMILES string of the molecule is CC(=O)NCCN(C(=O)c1ccc(C)cc1O)C(C)C(=O)O. The van der Waals surface area contributed by atoms with Crippen molar-refractivity contribution in [2.75, 3.05) is 13.1 Å². The minimum atomic E-state index is -1.16. The van der Waals surface area contributed by atoms with Crippen molar-refractivity contribution in [1.82, 2.24) is 10.2 Å². The number of carbonyl (C=O) groups excluding carboxylic acids is 2. The number of carboxylic acid groups (broad SMARTS) is 1. The molecular formula is C15H20N2O5. The summed E-state index contributed by atoms with van der Waals surface area (Å²) in [6.07, 6.45) is 0. The lowest BCUT2D eigenvalue weighted by molar-refractivity contribution is -0.141. The van der Waals surface area contributed by atoms with Crippen LogP contribution >= 0.6 is 0 Å². The van der Waals surface area contributed by atoms with Crippen molar-refractivity contribution in [3.05, 3.63) is 29.3 Å². The van der Waals surface area contributed by atoms with E-state index in [1.165, 1.54) is 26.0 Å². The fourth-order valence-corrected chi connectivity index (χ4v) is 1.93. The van der Waals surface area contributed by atoms with Gasteiger partial charge in [0.05, 0.1) is 5.56 Å². The monoisotopic (exact) mass is 308 g/mol. The van der Waals surface area contributed by atoms with Crippen LogP contribution in [0.4, 0.5) is 0 Å². The minimum Gasteiger partial charge on any atom is -0.507 e. The first-order valence-electron chi connectivity index (χ1n) is 6.82. The van der Waals surface area contributed by atoms with Crippen LogP contribution in [-0.4, -0.2) is 52.0 Å². The Morgan fingerprint density at radius 3 is 2.45 bits per heavy atom. The number of phenols is 1. The molecule has 1 atom stereocenters. The van der Waals surface area contributed by atoms with E-state index < -0.39 is 17.9 Å². The van der Waals surface area contributed by atoms with Gasteiger partial charge in [0.1, 0.15) is 11.8 Å². The molecule has 7 heteroatoms. The van der Waals surface area contributed by atoms with Crippen LogP contribution < -0.4 is 5.32 Å². The van der Waals surface area contributed by atoms with E-state index in [0.29, 0.717) is 0 Å². The summed E-state index contributed by atoms with van der Waals surface area (Å²) in [5.41, 5.74) is 0.812. The highest BCUT2D eigenvalue weighted by molar-refractivity contribution is 5.98. The molecule has 22 heavy (non-hydrogen) atoms. The van der Waals surface area contributed by atoms with Gasteiger partial charge in [-0.05, 0) is 31.5 Å². The molecule has 1 aromatic carbocycles. The average molecular weight is 308 g/mol. The molecule has 1 rings (SSSR count). The van der Waals surface area contributed by atoms with E-state index in [1.807, 2.05) is 0 Å². The van der Waals surface area contributed by atoms with Gasteiger partial charge in [-0.1, -0.05) is 6.07 Å². The third kappa shape index (κ3) is 4.47. The predicted octanol–water partition coefficient (Wildman–Crippen LogP) is 0.752. The number of aliphatic carboxylic acids is 1. The number of nitrogens with one attached hydrogen (secondary N) is 1. The summed E-state index contributed by atoms with van der Waals surface area (Å²) in [4.78, 5) is 35.6. The minimum absolute atomic E-state index is 0.0270. The van der Waals surface area contributed by atoms with Crippen LogP contribution in [0.5, 0.6) is 5.75 Å². The van der Waals surface area contributed by atoms with Gasteiger partial charge in [-0.3, -0.25) is 9.59 Å². The van der Waals surface area contributed by atoms with Crippen LogP contribution in [-0.2, 0) is 9.59 Å². The molecule has 120 valence electrons. The van der Waals surface area contributed by atoms with Gasteiger partial charge in [0.2, 0.25) is 5.91 Å². The van der Waals surface area contributed by atoms with Gasteiger partial charge >= 0.3 is 5.97 Å². The summed E-state index contributed by atoms with van der Waals surface area (Å²) in [6.45, 7) is 4.63. The molecule has 0 bridgehead atoms. The first-order valence-corrected chi connectivity index (χ1v) is 6.82. The molecule has 0 heterocycles. The largest absolute Gasteiger partial charge is 0.507 e. The Hall–Kier alpha value is -2.57. The summed E-state index contributed by atoms with van der Waals surface area (Å²) in [5, 5.41) is 21.5. The molecule has 0 saturated carbocycles. The lowest BCUT2D eigenvalue weighted by Gasteiger charge is -2.27. The molecule has 0 aromatic heterocycles. The maximum atomic E-state index is 12.5. The van der Waals surface area contributed by atoms with E-state index in [4.69, 9.17) is 5.11 Å². The Labute approximate surface area is 128 Å². The smallest absolute Gasteiger partial charge is 0.326 e. The number of carboxylic acids is 1. The second-order valence-corrected chi connectivity index (χ2v) is 5.02. The topological polar surface area (TPSA) is 107 Å². The fourth-order valence-electron chi connectivity index (χ4n) is 1.93. The first kappa shape index (κ1) is 17.5. The highest BCUT2D eigenvalue weighted by Gasteiger charge is 2.27. The van der Waals surface area contributed by atoms with Crippen LogP contribution in [0.15, 0.2) is 18.2 Å². The number of aromatic hydroxyl groups is 1. The third-order valence-electron chi connectivity index (χ3n) is 3.20. The van der Waals surface area contributed by atoms with Crippen molar-refractivity contribution in [3.63, 3.8) is 0 Å². The molecule has 0 aliphatic heterocycles. The van der Waals surface area contributed by atoms with Crippen molar-refractivity contribution < 1.29 is 24.6 Å². The summed E-state index contributed by atoms with van der Waals surface area (Å²) < 4.78 is 0. The molecule has 7 nitrogen and oxygen atoms in total. The number of aryl methyl sites for hydroxylation is 1. The fraction of sp³-hybridized carbons (Fsp3) is 0.400. The second-order valence-electron chi connectivity index (χ2n) is 5.02. The predicted molar refractivity (Wildman–Crippen MR) is 79.7 cm³/mol. The van der Waals surface area contributed by atoms with Crippen molar-refractivity contribution in [3.8, 4) is 5.75 Å². The van der Waals surface area contributed by atoms with Crippen LogP contribution in [0.1, 0.15) is 29.8 Å². The zero-order valence-corrected chi connectivity index (χ0v) is 12.8. The number of amides is 2. The Morgan fingerprint density at radius 1 is 1.32 bits per heavy atom. The summed E-state index contributed by atoms with van der Waals surface area (Å²) in [6, 6.07) is 3.46. The lowest BCUT2D eigenvalue weighted by atomic mass is 10.1. The Balaban J connectivity index is 3.00. The van der Waals surface area contributed by atoms with Crippen LogP contribution in [0.25, 0.3) is 0 Å². The number of rotatable bonds is 6. The Bertz CT molecular complexity index is 585. The Kier molecular flexibility index (Phi) is 5.91. The number of phenolic OH excluding ortho intramolecular Hbond substituents is 1. The molecule has 1 aromatic rings. The van der Waals surface area contributed by atoms with Crippen LogP contribution in [0.2, 0.25) is 0 Å². The zero-order chi connectivity index (χ0) is 16.9. The highest BCUT2D eigenvalue weighted by Crippen LogP contribution is 2.21. The standard InChI is InChI=1S/C15H20N2O5/c1-9-4-5-12(13(19)8-9)14(20)17(10(2)15(21)22)7-6-16-11(3)18/h4-5,8,10,19H,6-7H2,1-3H3,(H,16,18)(H,21,22). The van der Waals surface area contributed by atoms with Crippen molar-refractivity contribution in [1.29, 1.82) is 0 Å². The van der Waals surface area contributed by atoms with E-state index in [-0.39, 0.29) is 30.3 Å². The van der Waals surface area contributed by atoms with Crippen molar-refractivity contribution in [2.45, 2.75) is 26.8 Å². The number of nitrogens with zero attached hydrogens (tertiary/aromatic N) is 1. The maximum Gasteiger partial charge on any atom is 0.326 e. The molecular weight excluding hydrogens is 288 g/mol. The van der Waals surface area contributed by atoms with Gasteiger partial charge in [-0.15, -0.1) is 0 Å². The van der Waals surface area contributed by atoms with E-state index in [9.17, 15) is 19.5 Å². The quantitative estimate of drug-likeness (QED) is 0.719. The van der Waals surface area contributed by atoms with E-state index in [1.54, 1.807) is 13.0 Å². The summed E-state index contributed by atoms with van der Waals surface area (Å²) >= 11 is 0. The molecule has 3 N–H and O–H groups in total. The first-order chi connectivity index (χ1) is 10.2. The lowest BCUT2D eigenvalue weighted by Crippen LogP contribution is -2.46. The van der Waals surface area contributed by atoms with Gasteiger partial charge in [0, 0.05) is 20.0 Å². The van der Waals surface area contributed by atoms with Gasteiger partial charge in [0.25, 0.3) is 5.91 Å². The second kappa shape index (κ2) is 7.44. The van der Waals surface area contributed by atoms with Gasteiger partial charge in [0.15, 0.2) is 0 Å². The molecule has 0 saturated heterocycles. The molecule has 0 aliphatic carbocycles. The van der Waals surface area contributed by atoms with Crippen LogP contribution in [0, 0.1) is 6.92 Å². The molecule has 0 radical (unpaired) electrons. The van der Waals surface area contributed by atoms with E-state index in [0.717, 1.165) is 10.5 Å². The molecule has 0 aliphatic rings.